The van der Waals surface area contributed by atoms with Crippen LogP contribution in [0, 0.1) is 23.2 Å². The van der Waals surface area contributed by atoms with Gasteiger partial charge in [0.25, 0.3) is 0 Å². The molecule has 0 saturated heterocycles. The summed E-state index contributed by atoms with van der Waals surface area (Å²) in [5.74, 6) is 2.92. The minimum absolute atomic E-state index is 0.513. The first-order chi connectivity index (χ1) is 9.97. The maximum absolute atomic E-state index is 4.72. The molecule has 0 aromatic heterocycles. The minimum Gasteiger partial charge on any atom is -0.295 e. The number of hydrogen-bond donors (Lipinski definition) is 0. The molecule has 1 fully saturated rings. The van der Waals surface area contributed by atoms with Crippen LogP contribution in [0.4, 0.5) is 0 Å². The van der Waals surface area contributed by atoms with Crippen LogP contribution in [0.3, 0.4) is 0 Å². The molecule has 1 heterocycles. The lowest BCUT2D eigenvalue weighted by molar-refractivity contribution is 0.218. The Labute approximate surface area is 133 Å². The first-order valence-corrected chi connectivity index (χ1v) is 9.48. The SMILES string of the molecule is CC1CCCCCC(C2CCC(C(C)(C)C)C2)CCC=N1. The molecule has 4 unspecified atom stereocenters. The van der Waals surface area contributed by atoms with Gasteiger partial charge >= 0.3 is 0 Å². The van der Waals surface area contributed by atoms with E-state index in [1.807, 2.05) is 0 Å². The Balaban J connectivity index is 1.90. The highest BCUT2D eigenvalue weighted by atomic mass is 14.7. The van der Waals surface area contributed by atoms with Crippen molar-refractivity contribution in [2.24, 2.45) is 28.2 Å². The second-order valence-corrected chi connectivity index (χ2v) is 8.79. The summed E-state index contributed by atoms with van der Waals surface area (Å²) in [7, 11) is 0. The Morgan fingerprint density at radius 3 is 2.33 bits per heavy atom. The average molecular weight is 292 g/mol. The van der Waals surface area contributed by atoms with E-state index >= 15 is 0 Å². The van der Waals surface area contributed by atoms with Crippen molar-refractivity contribution in [3.63, 3.8) is 0 Å². The van der Waals surface area contributed by atoms with E-state index in [9.17, 15) is 0 Å². The third-order valence-electron chi connectivity index (χ3n) is 6.09. The van der Waals surface area contributed by atoms with Crippen LogP contribution in [0.15, 0.2) is 4.99 Å². The van der Waals surface area contributed by atoms with Crippen LogP contribution < -0.4 is 0 Å². The summed E-state index contributed by atoms with van der Waals surface area (Å²) >= 11 is 0. The fraction of sp³-hybridized carbons (Fsp3) is 0.950. The molecule has 0 spiro atoms. The number of hydrogen-bond acceptors (Lipinski definition) is 1. The van der Waals surface area contributed by atoms with E-state index in [1.165, 1.54) is 64.2 Å². The molecule has 1 nitrogen and oxygen atoms in total. The first kappa shape index (κ1) is 17.0. The van der Waals surface area contributed by atoms with E-state index in [1.54, 1.807) is 0 Å². The predicted octanol–water partition coefficient (Wildman–Crippen LogP) is 6.27. The van der Waals surface area contributed by atoms with Gasteiger partial charge in [0.05, 0.1) is 0 Å². The van der Waals surface area contributed by atoms with E-state index in [0.29, 0.717) is 11.5 Å². The summed E-state index contributed by atoms with van der Waals surface area (Å²) in [5.41, 5.74) is 0.513. The van der Waals surface area contributed by atoms with Crippen molar-refractivity contribution in [1.82, 2.24) is 0 Å². The zero-order chi connectivity index (χ0) is 15.3. The molecule has 0 radical (unpaired) electrons. The van der Waals surface area contributed by atoms with Gasteiger partial charge in [-0.15, -0.1) is 0 Å². The Morgan fingerprint density at radius 2 is 1.62 bits per heavy atom. The van der Waals surface area contributed by atoms with Crippen molar-refractivity contribution in [2.75, 3.05) is 0 Å². The minimum atomic E-state index is 0.513. The summed E-state index contributed by atoms with van der Waals surface area (Å²) in [6.07, 6.45) is 16.3. The topological polar surface area (TPSA) is 12.4 Å². The van der Waals surface area contributed by atoms with Crippen molar-refractivity contribution >= 4 is 6.21 Å². The Hall–Kier alpha value is -0.330. The predicted molar refractivity (Wildman–Crippen MR) is 94.0 cm³/mol. The van der Waals surface area contributed by atoms with Gasteiger partial charge in [-0.25, -0.2) is 0 Å². The quantitative estimate of drug-likeness (QED) is 0.540. The van der Waals surface area contributed by atoms with Crippen molar-refractivity contribution in [1.29, 1.82) is 0 Å². The normalized spacial score (nSPS) is 36.4. The smallest absolute Gasteiger partial charge is 0.0467 e. The van der Waals surface area contributed by atoms with Crippen LogP contribution in [0.1, 0.15) is 91.9 Å². The lowest BCUT2D eigenvalue weighted by atomic mass is 9.77. The zero-order valence-electron chi connectivity index (χ0n) is 14.9. The van der Waals surface area contributed by atoms with Gasteiger partial charge in [-0.3, -0.25) is 4.99 Å². The number of nitrogens with zero attached hydrogens (tertiary/aromatic N) is 1. The molecule has 2 rings (SSSR count). The Morgan fingerprint density at radius 1 is 0.857 bits per heavy atom. The molecule has 1 aliphatic carbocycles. The molecular formula is C20H37N. The molecule has 2 aliphatic rings. The van der Waals surface area contributed by atoms with E-state index in [0.717, 1.165) is 17.8 Å². The van der Waals surface area contributed by atoms with Crippen LogP contribution in [-0.4, -0.2) is 12.3 Å². The summed E-state index contributed by atoms with van der Waals surface area (Å²) in [5, 5.41) is 0. The second-order valence-electron chi connectivity index (χ2n) is 8.79. The molecule has 21 heavy (non-hydrogen) atoms. The molecule has 0 N–H and O–H groups in total. The maximum atomic E-state index is 4.72. The lowest BCUT2D eigenvalue weighted by Crippen LogP contribution is -2.19. The van der Waals surface area contributed by atoms with Gasteiger partial charge in [-0.1, -0.05) is 46.5 Å². The van der Waals surface area contributed by atoms with Crippen LogP contribution in [0.5, 0.6) is 0 Å². The molecular weight excluding hydrogens is 254 g/mol. The van der Waals surface area contributed by atoms with E-state index < -0.39 is 0 Å². The van der Waals surface area contributed by atoms with Gasteiger partial charge in [-0.2, -0.15) is 0 Å². The molecule has 4 atom stereocenters. The highest BCUT2D eigenvalue weighted by molar-refractivity contribution is 5.57. The fourth-order valence-electron chi connectivity index (χ4n) is 4.49. The van der Waals surface area contributed by atoms with E-state index in [4.69, 9.17) is 4.99 Å². The third kappa shape index (κ3) is 5.42. The van der Waals surface area contributed by atoms with Gasteiger partial charge < -0.3 is 0 Å². The van der Waals surface area contributed by atoms with Crippen molar-refractivity contribution in [3.05, 3.63) is 0 Å². The first-order valence-electron chi connectivity index (χ1n) is 9.48. The molecule has 0 aromatic carbocycles. The van der Waals surface area contributed by atoms with Crippen LogP contribution in [0.25, 0.3) is 0 Å². The molecule has 122 valence electrons. The third-order valence-corrected chi connectivity index (χ3v) is 6.09. The summed E-state index contributed by atoms with van der Waals surface area (Å²) in [6.45, 7) is 9.58. The Kier molecular flexibility index (Phi) is 6.32. The van der Waals surface area contributed by atoms with Gasteiger partial charge in [0.2, 0.25) is 0 Å². The second kappa shape index (κ2) is 7.79. The van der Waals surface area contributed by atoms with Crippen molar-refractivity contribution in [3.8, 4) is 0 Å². The van der Waals surface area contributed by atoms with Crippen LogP contribution >= 0.6 is 0 Å². The summed E-state index contributed by atoms with van der Waals surface area (Å²) in [4.78, 5) is 4.72. The van der Waals surface area contributed by atoms with E-state index in [2.05, 4.69) is 33.9 Å². The van der Waals surface area contributed by atoms with Crippen molar-refractivity contribution < 1.29 is 0 Å². The highest BCUT2D eigenvalue weighted by Gasteiger charge is 2.35. The fourth-order valence-corrected chi connectivity index (χ4v) is 4.49. The monoisotopic (exact) mass is 291 g/mol. The molecule has 0 amide bonds. The molecule has 0 aromatic rings. The molecule has 1 aliphatic heterocycles. The Bertz CT molecular complexity index is 325. The van der Waals surface area contributed by atoms with Gasteiger partial charge in [0.15, 0.2) is 0 Å². The number of aliphatic imine (C=N–C) groups is 1. The maximum Gasteiger partial charge on any atom is 0.0467 e. The van der Waals surface area contributed by atoms with Crippen molar-refractivity contribution in [2.45, 2.75) is 97.9 Å². The van der Waals surface area contributed by atoms with Crippen LogP contribution in [-0.2, 0) is 0 Å². The standard InChI is InChI=1S/C20H37N/c1-16-9-6-5-7-10-17(11-8-14-21-16)18-12-13-19(15-18)20(2,3)4/h14,16-19H,5-13,15H2,1-4H3. The molecule has 1 heteroatoms. The average Bonchev–Trinajstić information content (AvgIpc) is 2.88. The number of rotatable bonds is 1. The molecule has 0 bridgehead atoms. The summed E-state index contributed by atoms with van der Waals surface area (Å²) < 4.78 is 0. The summed E-state index contributed by atoms with van der Waals surface area (Å²) in [6, 6.07) is 0.554. The zero-order valence-corrected chi connectivity index (χ0v) is 14.9. The van der Waals surface area contributed by atoms with Gasteiger partial charge in [0, 0.05) is 6.04 Å². The van der Waals surface area contributed by atoms with Gasteiger partial charge in [0.1, 0.15) is 0 Å². The highest BCUT2D eigenvalue weighted by Crippen LogP contribution is 2.46. The molecule has 1 saturated carbocycles. The lowest BCUT2D eigenvalue weighted by Gasteiger charge is -2.29. The van der Waals surface area contributed by atoms with Crippen LogP contribution in [0.2, 0.25) is 0 Å². The largest absolute Gasteiger partial charge is 0.295 e. The van der Waals surface area contributed by atoms with E-state index in [-0.39, 0.29) is 0 Å². The van der Waals surface area contributed by atoms with Gasteiger partial charge in [-0.05, 0) is 74.8 Å².